The number of hydrogen-bond acceptors (Lipinski definition) is 3. The van der Waals surface area contributed by atoms with Gasteiger partial charge in [-0.05, 0) is 19.3 Å². The van der Waals surface area contributed by atoms with Crippen molar-refractivity contribution in [1.29, 1.82) is 0 Å². The van der Waals surface area contributed by atoms with Crippen LogP contribution in [-0.4, -0.2) is 59.1 Å². The average Bonchev–Trinajstić information content (AvgIpc) is 2.97. The molecule has 0 bridgehead atoms. The van der Waals surface area contributed by atoms with Crippen molar-refractivity contribution < 1.29 is 4.79 Å². The van der Waals surface area contributed by atoms with E-state index in [1.54, 1.807) is 0 Å². The van der Waals surface area contributed by atoms with Crippen LogP contribution in [0, 0.1) is 0 Å². The Kier molecular flexibility index (Phi) is 6.23. The molecule has 1 aliphatic carbocycles. The lowest BCUT2D eigenvalue weighted by Gasteiger charge is -2.39. The van der Waals surface area contributed by atoms with Gasteiger partial charge < -0.3 is 16.0 Å². The molecule has 120 valence electrons. The number of carbonyl (C=O) groups is 1. The zero-order valence-corrected chi connectivity index (χ0v) is 13.8. The lowest BCUT2D eigenvalue weighted by Crippen LogP contribution is -2.57. The number of nitrogens with one attached hydrogen (secondary N) is 1. The van der Waals surface area contributed by atoms with Crippen molar-refractivity contribution >= 4 is 23.2 Å². The van der Waals surface area contributed by atoms with Gasteiger partial charge in [0.2, 0.25) is 0 Å². The minimum absolute atomic E-state index is 0.101. The quantitative estimate of drug-likeness (QED) is 0.759. The maximum atomic E-state index is 12.2. The van der Waals surface area contributed by atoms with E-state index in [1.165, 1.54) is 12.8 Å². The van der Waals surface area contributed by atoms with Crippen molar-refractivity contribution in [3.63, 3.8) is 0 Å². The summed E-state index contributed by atoms with van der Waals surface area (Å²) in [5, 5.41) is 3.16. The van der Waals surface area contributed by atoms with Gasteiger partial charge in [0.25, 0.3) is 0 Å². The minimum atomic E-state index is 0.101. The Morgan fingerprint density at radius 3 is 2.43 bits per heavy atom. The van der Waals surface area contributed by atoms with Crippen molar-refractivity contribution in [2.45, 2.75) is 57.5 Å². The van der Waals surface area contributed by atoms with Gasteiger partial charge in [0.05, 0.1) is 11.0 Å². The van der Waals surface area contributed by atoms with Crippen molar-refractivity contribution in [2.24, 2.45) is 5.73 Å². The van der Waals surface area contributed by atoms with E-state index in [2.05, 4.69) is 17.1 Å². The molecule has 1 unspecified atom stereocenters. The summed E-state index contributed by atoms with van der Waals surface area (Å²) in [5.74, 6) is 0. The Morgan fingerprint density at radius 2 is 1.90 bits per heavy atom. The van der Waals surface area contributed by atoms with Crippen LogP contribution in [-0.2, 0) is 0 Å². The molecular formula is C15H28N4OS. The average molecular weight is 312 g/mol. The van der Waals surface area contributed by atoms with E-state index in [-0.39, 0.29) is 12.1 Å². The van der Waals surface area contributed by atoms with Gasteiger partial charge in [-0.3, -0.25) is 4.90 Å². The first-order valence-electron chi connectivity index (χ1n) is 8.20. The van der Waals surface area contributed by atoms with E-state index < -0.39 is 0 Å². The Balaban J connectivity index is 1.78. The highest BCUT2D eigenvalue weighted by Gasteiger charge is 2.28. The summed E-state index contributed by atoms with van der Waals surface area (Å²) in [6.45, 7) is 5.40. The predicted molar refractivity (Wildman–Crippen MR) is 89.4 cm³/mol. The smallest absolute Gasteiger partial charge is 0.317 e. The SMILES string of the molecule is CCCC(C(N)=S)N1CCN(C(=O)NC2CCCC2)CC1. The standard InChI is InChI=1S/C15H28N4OS/c1-2-5-13(14(16)21)18-8-10-19(11-9-18)15(20)17-12-6-3-4-7-12/h12-13H,2-11H2,1H3,(H2,16,21)(H,17,20). The van der Waals surface area contributed by atoms with E-state index in [1.807, 2.05) is 4.90 Å². The van der Waals surface area contributed by atoms with Crippen LogP contribution in [0.2, 0.25) is 0 Å². The molecule has 2 rings (SSSR count). The highest BCUT2D eigenvalue weighted by molar-refractivity contribution is 7.80. The van der Waals surface area contributed by atoms with E-state index in [0.717, 1.165) is 51.9 Å². The monoisotopic (exact) mass is 312 g/mol. The second kappa shape index (κ2) is 7.94. The topological polar surface area (TPSA) is 61.6 Å². The number of thiocarbonyl (C=S) groups is 1. The number of amides is 2. The van der Waals surface area contributed by atoms with Crippen LogP contribution < -0.4 is 11.1 Å². The number of nitrogens with two attached hydrogens (primary N) is 1. The molecule has 1 saturated carbocycles. The number of urea groups is 1. The molecule has 1 saturated heterocycles. The zero-order valence-electron chi connectivity index (χ0n) is 13.0. The van der Waals surface area contributed by atoms with Crippen LogP contribution in [0.1, 0.15) is 45.4 Å². The molecule has 1 aliphatic heterocycles. The molecule has 3 N–H and O–H groups in total. The third-order valence-electron chi connectivity index (χ3n) is 4.62. The minimum Gasteiger partial charge on any atom is -0.392 e. The van der Waals surface area contributed by atoms with E-state index >= 15 is 0 Å². The van der Waals surface area contributed by atoms with Crippen molar-refractivity contribution in [3.05, 3.63) is 0 Å². The molecule has 0 spiro atoms. The third-order valence-corrected chi connectivity index (χ3v) is 4.89. The Bertz CT molecular complexity index is 363. The summed E-state index contributed by atoms with van der Waals surface area (Å²) in [7, 11) is 0. The highest BCUT2D eigenvalue weighted by Crippen LogP contribution is 2.18. The maximum absolute atomic E-state index is 12.2. The number of rotatable bonds is 5. The van der Waals surface area contributed by atoms with Crippen LogP contribution >= 0.6 is 12.2 Å². The molecule has 0 aromatic carbocycles. The number of piperazine rings is 1. The third kappa shape index (κ3) is 4.54. The van der Waals surface area contributed by atoms with Gasteiger partial charge in [-0.2, -0.15) is 0 Å². The fraction of sp³-hybridized carbons (Fsp3) is 0.867. The number of carbonyl (C=O) groups excluding carboxylic acids is 1. The fourth-order valence-electron chi connectivity index (χ4n) is 3.35. The van der Waals surface area contributed by atoms with Crippen LogP contribution in [0.5, 0.6) is 0 Å². The van der Waals surface area contributed by atoms with Crippen LogP contribution in [0.15, 0.2) is 0 Å². The van der Waals surface area contributed by atoms with Gasteiger partial charge in [0.1, 0.15) is 0 Å². The second-order valence-electron chi connectivity index (χ2n) is 6.16. The Labute approximate surface area is 133 Å². The predicted octanol–water partition coefficient (Wildman–Crippen LogP) is 1.71. The first-order valence-corrected chi connectivity index (χ1v) is 8.61. The van der Waals surface area contributed by atoms with Gasteiger partial charge in [-0.25, -0.2) is 4.79 Å². The number of nitrogens with zero attached hydrogens (tertiary/aromatic N) is 2. The van der Waals surface area contributed by atoms with Crippen molar-refractivity contribution in [3.8, 4) is 0 Å². The molecule has 2 fully saturated rings. The van der Waals surface area contributed by atoms with Crippen LogP contribution in [0.3, 0.4) is 0 Å². The van der Waals surface area contributed by atoms with Crippen LogP contribution in [0.4, 0.5) is 4.79 Å². The van der Waals surface area contributed by atoms with E-state index in [4.69, 9.17) is 18.0 Å². The van der Waals surface area contributed by atoms with Crippen LogP contribution in [0.25, 0.3) is 0 Å². The van der Waals surface area contributed by atoms with E-state index in [9.17, 15) is 4.79 Å². The first-order chi connectivity index (χ1) is 10.1. The number of hydrogen-bond donors (Lipinski definition) is 2. The normalized spacial score (nSPS) is 22.2. The van der Waals surface area contributed by atoms with Crippen molar-refractivity contribution in [2.75, 3.05) is 26.2 Å². The molecule has 0 radical (unpaired) electrons. The van der Waals surface area contributed by atoms with Gasteiger partial charge >= 0.3 is 6.03 Å². The lowest BCUT2D eigenvalue weighted by molar-refractivity contribution is 0.123. The molecule has 1 heterocycles. The van der Waals surface area contributed by atoms with E-state index in [0.29, 0.717) is 11.0 Å². The summed E-state index contributed by atoms with van der Waals surface area (Å²) >= 11 is 5.18. The molecule has 6 heteroatoms. The van der Waals surface area contributed by atoms with Gasteiger partial charge in [-0.15, -0.1) is 0 Å². The van der Waals surface area contributed by atoms with Gasteiger partial charge in [0, 0.05) is 32.2 Å². The molecule has 1 atom stereocenters. The summed E-state index contributed by atoms with van der Waals surface area (Å²) in [4.78, 5) is 17.1. The fourth-order valence-corrected chi connectivity index (χ4v) is 3.62. The molecule has 2 amide bonds. The first kappa shape index (κ1) is 16.5. The molecule has 5 nitrogen and oxygen atoms in total. The van der Waals surface area contributed by atoms with Crippen molar-refractivity contribution in [1.82, 2.24) is 15.1 Å². The second-order valence-corrected chi connectivity index (χ2v) is 6.63. The summed E-state index contributed by atoms with van der Waals surface area (Å²) < 4.78 is 0. The van der Waals surface area contributed by atoms with Gasteiger partial charge in [-0.1, -0.05) is 38.4 Å². The Morgan fingerprint density at radius 1 is 1.29 bits per heavy atom. The largest absolute Gasteiger partial charge is 0.392 e. The van der Waals surface area contributed by atoms with Gasteiger partial charge in [0.15, 0.2) is 0 Å². The molecular weight excluding hydrogens is 284 g/mol. The summed E-state index contributed by atoms with van der Waals surface area (Å²) in [6.07, 6.45) is 6.82. The Hall–Kier alpha value is -0.880. The highest BCUT2D eigenvalue weighted by atomic mass is 32.1. The molecule has 2 aliphatic rings. The summed E-state index contributed by atoms with van der Waals surface area (Å²) in [5.41, 5.74) is 5.85. The lowest BCUT2D eigenvalue weighted by atomic mass is 10.1. The zero-order chi connectivity index (χ0) is 15.2. The molecule has 21 heavy (non-hydrogen) atoms. The summed E-state index contributed by atoms with van der Waals surface area (Å²) in [6, 6.07) is 0.675. The molecule has 0 aromatic rings. The maximum Gasteiger partial charge on any atom is 0.317 e. The molecule has 0 aromatic heterocycles.